The number of hydrazone groups is 1. The molecule has 0 saturated heterocycles. The number of benzene rings is 2. The van der Waals surface area contributed by atoms with Gasteiger partial charge in [-0.3, -0.25) is 9.59 Å². The molecule has 0 unspecified atom stereocenters. The van der Waals surface area contributed by atoms with E-state index >= 15 is 0 Å². The summed E-state index contributed by atoms with van der Waals surface area (Å²) < 4.78 is 5.68. The SMILES string of the molecule is CC(C)COc1cccc(/C=N\NC(=O)CCc2nc3ccccc3[nH]c2=O)c1. The van der Waals surface area contributed by atoms with Gasteiger partial charge in [-0.25, -0.2) is 10.4 Å². The van der Waals surface area contributed by atoms with E-state index in [0.717, 1.165) is 11.3 Å². The fourth-order valence-corrected chi connectivity index (χ4v) is 2.65. The lowest BCUT2D eigenvalue weighted by molar-refractivity contribution is -0.121. The predicted octanol–water partition coefficient (Wildman–Crippen LogP) is 3.04. The summed E-state index contributed by atoms with van der Waals surface area (Å²) >= 11 is 0. The number of carbonyl (C=O) groups is 1. The van der Waals surface area contributed by atoms with Crippen LogP contribution in [0.15, 0.2) is 58.4 Å². The summed E-state index contributed by atoms with van der Waals surface area (Å²) in [4.78, 5) is 31.2. The van der Waals surface area contributed by atoms with Crippen molar-refractivity contribution in [2.75, 3.05) is 6.61 Å². The Labute approximate surface area is 168 Å². The summed E-state index contributed by atoms with van der Waals surface area (Å²) in [6.07, 6.45) is 1.91. The molecule has 0 saturated carbocycles. The van der Waals surface area contributed by atoms with Crippen molar-refractivity contribution >= 4 is 23.2 Å². The van der Waals surface area contributed by atoms with E-state index in [1.807, 2.05) is 42.5 Å². The van der Waals surface area contributed by atoms with Crippen LogP contribution in [0.4, 0.5) is 0 Å². The minimum Gasteiger partial charge on any atom is -0.493 e. The predicted molar refractivity (Wildman–Crippen MR) is 113 cm³/mol. The normalized spacial score (nSPS) is 11.3. The quantitative estimate of drug-likeness (QED) is 0.455. The van der Waals surface area contributed by atoms with Crippen molar-refractivity contribution in [1.29, 1.82) is 0 Å². The second-order valence-corrected chi connectivity index (χ2v) is 7.10. The van der Waals surface area contributed by atoms with Crippen molar-refractivity contribution in [2.24, 2.45) is 11.0 Å². The van der Waals surface area contributed by atoms with Gasteiger partial charge in [0.05, 0.1) is 23.9 Å². The van der Waals surface area contributed by atoms with Crippen LogP contribution in [0.2, 0.25) is 0 Å². The molecule has 0 aliphatic rings. The Morgan fingerprint density at radius 1 is 1.24 bits per heavy atom. The molecule has 0 radical (unpaired) electrons. The third-order valence-electron chi connectivity index (χ3n) is 4.10. The standard InChI is InChI=1S/C22H24N4O3/c1-15(2)14-29-17-7-5-6-16(12-17)13-23-26-21(27)11-10-20-22(28)25-19-9-4-3-8-18(19)24-20/h3-9,12-13,15H,10-11,14H2,1-2H3,(H,25,28)(H,26,27)/b23-13-. The lowest BCUT2D eigenvalue weighted by atomic mass is 10.2. The second kappa shape index (κ2) is 9.64. The Balaban J connectivity index is 1.53. The fraction of sp³-hybridized carbons (Fsp3) is 0.273. The van der Waals surface area contributed by atoms with E-state index in [9.17, 15) is 9.59 Å². The highest BCUT2D eigenvalue weighted by Crippen LogP contribution is 2.13. The van der Waals surface area contributed by atoms with Crippen molar-refractivity contribution in [3.8, 4) is 5.75 Å². The van der Waals surface area contributed by atoms with Gasteiger partial charge in [-0.1, -0.05) is 38.1 Å². The number of aryl methyl sites for hydroxylation is 1. The number of hydrogen-bond acceptors (Lipinski definition) is 5. The number of ether oxygens (including phenoxy) is 1. The topological polar surface area (TPSA) is 96.4 Å². The molecule has 2 N–H and O–H groups in total. The molecule has 29 heavy (non-hydrogen) atoms. The summed E-state index contributed by atoms with van der Waals surface area (Å²) in [6.45, 7) is 4.81. The number of H-pyrrole nitrogens is 1. The van der Waals surface area contributed by atoms with E-state index in [0.29, 0.717) is 29.3 Å². The molecule has 0 spiro atoms. The number of amides is 1. The average molecular weight is 392 g/mol. The van der Waals surface area contributed by atoms with Gasteiger partial charge in [-0.15, -0.1) is 0 Å². The number of nitrogens with zero attached hydrogens (tertiary/aromatic N) is 2. The summed E-state index contributed by atoms with van der Waals surface area (Å²) in [6, 6.07) is 14.8. The maximum Gasteiger partial charge on any atom is 0.270 e. The number of aromatic amines is 1. The van der Waals surface area contributed by atoms with Gasteiger partial charge in [-0.2, -0.15) is 5.10 Å². The van der Waals surface area contributed by atoms with Crippen LogP contribution in [0, 0.1) is 5.92 Å². The number of rotatable bonds is 8. The van der Waals surface area contributed by atoms with Crippen LogP contribution in [0.1, 0.15) is 31.5 Å². The molecule has 7 heteroatoms. The van der Waals surface area contributed by atoms with Gasteiger partial charge in [0.25, 0.3) is 5.56 Å². The van der Waals surface area contributed by atoms with Crippen LogP contribution in [-0.4, -0.2) is 28.7 Å². The molecule has 1 amide bonds. The molecule has 3 aromatic rings. The van der Waals surface area contributed by atoms with Gasteiger partial charge < -0.3 is 9.72 Å². The first-order valence-electron chi connectivity index (χ1n) is 9.54. The largest absolute Gasteiger partial charge is 0.493 e. The van der Waals surface area contributed by atoms with Crippen molar-refractivity contribution < 1.29 is 9.53 Å². The summed E-state index contributed by atoms with van der Waals surface area (Å²) in [5, 5.41) is 3.98. The summed E-state index contributed by atoms with van der Waals surface area (Å²) in [5.41, 5.74) is 4.72. The van der Waals surface area contributed by atoms with E-state index in [-0.39, 0.29) is 24.3 Å². The second-order valence-electron chi connectivity index (χ2n) is 7.10. The molecule has 3 rings (SSSR count). The lowest BCUT2D eigenvalue weighted by Crippen LogP contribution is -2.21. The monoisotopic (exact) mass is 392 g/mol. The van der Waals surface area contributed by atoms with Crippen molar-refractivity contribution in [1.82, 2.24) is 15.4 Å². The van der Waals surface area contributed by atoms with Gasteiger partial charge in [-0.05, 0) is 35.7 Å². The first-order valence-corrected chi connectivity index (χ1v) is 9.54. The number of fused-ring (bicyclic) bond motifs is 1. The third-order valence-corrected chi connectivity index (χ3v) is 4.10. The van der Waals surface area contributed by atoms with Crippen LogP contribution in [-0.2, 0) is 11.2 Å². The highest BCUT2D eigenvalue weighted by Gasteiger charge is 2.07. The van der Waals surface area contributed by atoms with Gasteiger partial charge in [0.1, 0.15) is 11.4 Å². The molecular formula is C22H24N4O3. The van der Waals surface area contributed by atoms with E-state index in [1.165, 1.54) is 0 Å². The minimum absolute atomic E-state index is 0.114. The maximum absolute atomic E-state index is 12.1. The van der Waals surface area contributed by atoms with Gasteiger partial charge in [0, 0.05) is 12.8 Å². The number of nitrogens with one attached hydrogen (secondary N) is 2. The van der Waals surface area contributed by atoms with Crippen molar-refractivity contribution in [3.05, 3.63) is 70.1 Å². The molecule has 0 aliphatic heterocycles. The highest BCUT2D eigenvalue weighted by molar-refractivity contribution is 5.83. The Morgan fingerprint density at radius 3 is 2.90 bits per heavy atom. The molecule has 1 aromatic heterocycles. The Morgan fingerprint density at radius 2 is 2.07 bits per heavy atom. The van der Waals surface area contributed by atoms with E-state index in [2.05, 4.69) is 34.3 Å². The fourth-order valence-electron chi connectivity index (χ4n) is 2.65. The van der Waals surface area contributed by atoms with E-state index in [4.69, 9.17) is 4.74 Å². The molecule has 150 valence electrons. The summed E-state index contributed by atoms with van der Waals surface area (Å²) in [5.74, 6) is 0.911. The highest BCUT2D eigenvalue weighted by atomic mass is 16.5. The van der Waals surface area contributed by atoms with Gasteiger partial charge in [0.2, 0.25) is 5.91 Å². The molecule has 0 atom stereocenters. The number of carbonyl (C=O) groups excluding carboxylic acids is 1. The number of para-hydroxylation sites is 2. The molecule has 0 aliphatic carbocycles. The Hall–Kier alpha value is -3.48. The minimum atomic E-state index is -0.289. The molecular weight excluding hydrogens is 368 g/mol. The van der Waals surface area contributed by atoms with Crippen LogP contribution in [0.25, 0.3) is 11.0 Å². The van der Waals surface area contributed by atoms with Crippen LogP contribution < -0.4 is 15.7 Å². The number of aromatic nitrogens is 2. The zero-order valence-electron chi connectivity index (χ0n) is 16.5. The Bertz CT molecular complexity index is 1070. The Kier molecular flexibility index (Phi) is 6.73. The molecule has 2 aromatic carbocycles. The van der Waals surface area contributed by atoms with Crippen molar-refractivity contribution in [3.63, 3.8) is 0 Å². The average Bonchev–Trinajstić information content (AvgIpc) is 2.71. The third kappa shape index (κ3) is 6.00. The zero-order chi connectivity index (χ0) is 20.6. The first-order chi connectivity index (χ1) is 14.0. The smallest absolute Gasteiger partial charge is 0.270 e. The van der Waals surface area contributed by atoms with Gasteiger partial charge in [0.15, 0.2) is 0 Å². The molecule has 0 bridgehead atoms. The van der Waals surface area contributed by atoms with Crippen molar-refractivity contribution in [2.45, 2.75) is 26.7 Å². The maximum atomic E-state index is 12.1. The number of hydrogen-bond donors (Lipinski definition) is 2. The van der Waals surface area contributed by atoms with Gasteiger partial charge >= 0.3 is 0 Å². The summed E-state index contributed by atoms with van der Waals surface area (Å²) in [7, 11) is 0. The van der Waals surface area contributed by atoms with Crippen LogP contribution in [0.5, 0.6) is 5.75 Å². The first kappa shape index (κ1) is 20.3. The zero-order valence-corrected chi connectivity index (χ0v) is 16.5. The molecule has 1 heterocycles. The van der Waals surface area contributed by atoms with Crippen LogP contribution >= 0.6 is 0 Å². The van der Waals surface area contributed by atoms with E-state index < -0.39 is 0 Å². The van der Waals surface area contributed by atoms with Crippen LogP contribution in [0.3, 0.4) is 0 Å². The lowest BCUT2D eigenvalue weighted by Gasteiger charge is -2.08. The molecule has 7 nitrogen and oxygen atoms in total. The molecule has 0 fully saturated rings. The van der Waals surface area contributed by atoms with E-state index in [1.54, 1.807) is 12.3 Å².